The van der Waals surface area contributed by atoms with Crippen molar-refractivity contribution in [1.82, 2.24) is 0 Å². The summed E-state index contributed by atoms with van der Waals surface area (Å²) in [5.74, 6) is -0.395. The first-order chi connectivity index (χ1) is 10.2. The first kappa shape index (κ1) is 14.6. The molecule has 0 bridgehead atoms. The molecule has 0 aliphatic carbocycles. The smallest absolute Gasteiger partial charge is 0.141 e. The zero-order valence-electron chi connectivity index (χ0n) is 11.1. The van der Waals surface area contributed by atoms with E-state index in [1.165, 1.54) is 15.8 Å². The van der Waals surface area contributed by atoms with Crippen LogP contribution in [0.25, 0.3) is 0 Å². The highest BCUT2D eigenvalue weighted by Crippen LogP contribution is 2.29. The topological polar surface area (TPSA) is 12.0 Å². The van der Waals surface area contributed by atoms with Crippen molar-refractivity contribution in [2.24, 2.45) is 0 Å². The minimum Gasteiger partial charge on any atom is -0.377 e. The molecule has 0 amide bonds. The first-order valence-electron chi connectivity index (χ1n) is 6.50. The van der Waals surface area contributed by atoms with Gasteiger partial charge in [-0.25, -0.2) is 4.39 Å². The third-order valence-corrected chi connectivity index (χ3v) is 5.31. The predicted octanol–water partition coefficient (Wildman–Crippen LogP) is 6.00. The summed E-state index contributed by atoms with van der Waals surface area (Å²) >= 11 is 9.31. The van der Waals surface area contributed by atoms with Crippen LogP contribution in [0.5, 0.6) is 0 Å². The lowest BCUT2D eigenvalue weighted by Crippen LogP contribution is -2.12. The highest BCUT2D eigenvalue weighted by Gasteiger charge is 2.14. The molecule has 1 aromatic carbocycles. The number of thiophene rings is 2. The third kappa shape index (κ3) is 3.64. The fourth-order valence-electron chi connectivity index (χ4n) is 2.13. The Bertz CT molecular complexity index is 695. The molecule has 2 aromatic heterocycles. The van der Waals surface area contributed by atoms with Crippen molar-refractivity contribution in [3.8, 4) is 0 Å². The van der Waals surface area contributed by atoms with Crippen molar-refractivity contribution in [1.29, 1.82) is 0 Å². The summed E-state index contributed by atoms with van der Waals surface area (Å²) in [4.78, 5) is 2.57. The SMILES string of the molecule is Fc1ccc(NC(Cc2cccs2)c2cccs2)cc1Cl. The van der Waals surface area contributed by atoms with E-state index in [0.717, 1.165) is 12.1 Å². The Kier molecular flexibility index (Phi) is 4.58. The standard InChI is InChI=1S/C16H13ClFNS2/c17-13-9-11(5-6-14(13)18)19-15(16-4-2-8-21-16)10-12-3-1-7-20-12/h1-9,15,19H,10H2. The Labute approximate surface area is 136 Å². The van der Waals surface area contributed by atoms with Gasteiger partial charge in [0.1, 0.15) is 5.82 Å². The van der Waals surface area contributed by atoms with Crippen LogP contribution in [0.2, 0.25) is 5.02 Å². The van der Waals surface area contributed by atoms with Gasteiger partial charge in [0.05, 0.1) is 11.1 Å². The van der Waals surface area contributed by atoms with Crippen LogP contribution >= 0.6 is 34.3 Å². The van der Waals surface area contributed by atoms with E-state index < -0.39 is 5.82 Å². The molecule has 1 unspecified atom stereocenters. The predicted molar refractivity (Wildman–Crippen MR) is 90.1 cm³/mol. The van der Waals surface area contributed by atoms with Gasteiger partial charge >= 0.3 is 0 Å². The summed E-state index contributed by atoms with van der Waals surface area (Å²) in [7, 11) is 0. The molecular weight excluding hydrogens is 325 g/mol. The molecule has 1 nitrogen and oxygen atoms in total. The van der Waals surface area contributed by atoms with Crippen LogP contribution in [-0.4, -0.2) is 0 Å². The molecule has 0 saturated carbocycles. The molecule has 21 heavy (non-hydrogen) atoms. The Balaban J connectivity index is 1.83. The number of hydrogen-bond acceptors (Lipinski definition) is 3. The molecule has 0 radical (unpaired) electrons. The van der Waals surface area contributed by atoms with Crippen LogP contribution in [0.4, 0.5) is 10.1 Å². The van der Waals surface area contributed by atoms with Gasteiger partial charge in [-0.1, -0.05) is 23.7 Å². The largest absolute Gasteiger partial charge is 0.377 e. The van der Waals surface area contributed by atoms with E-state index in [0.29, 0.717) is 0 Å². The molecule has 0 saturated heterocycles. The van der Waals surface area contributed by atoms with Gasteiger partial charge in [0.2, 0.25) is 0 Å². The Hall–Kier alpha value is -1.36. The van der Waals surface area contributed by atoms with E-state index in [2.05, 4.69) is 34.3 Å². The molecular formula is C16H13ClFNS2. The molecule has 108 valence electrons. The second-order valence-electron chi connectivity index (χ2n) is 4.62. The number of benzene rings is 1. The summed E-state index contributed by atoms with van der Waals surface area (Å²) in [5.41, 5.74) is 0.830. The van der Waals surface area contributed by atoms with Gasteiger partial charge < -0.3 is 5.32 Å². The molecule has 0 spiro atoms. The maximum atomic E-state index is 13.3. The number of anilines is 1. The number of nitrogens with one attached hydrogen (secondary N) is 1. The Morgan fingerprint density at radius 2 is 1.90 bits per heavy atom. The number of hydrogen-bond donors (Lipinski definition) is 1. The quantitative estimate of drug-likeness (QED) is 0.602. The van der Waals surface area contributed by atoms with Crippen molar-refractivity contribution < 1.29 is 4.39 Å². The zero-order valence-corrected chi connectivity index (χ0v) is 13.4. The van der Waals surface area contributed by atoms with Crippen LogP contribution in [0, 0.1) is 5.82 Å². The lowest BCUT2D eigenvalue weighted by Gasteiger charge is -2.18. The van der Waals surface area contributed by atoms with Gasteiger partial charge in [0.15, 0.2) is 0 Å². The monoisotopic (exact) mass is 337 g/mol. The summed E-state index contributed by atoms with van der Waals surface area (Å²) in [5, 5.41) is 7.74. The third-order valence-electron chi connectivity index (χ3n) is 3.13. The van der Waals surface area contributed by atoms with E-state index in [4.69, 9.17) is 11.6 Å². The Morgan fingerprint density at radius 3 is 2.57 bits per heavy atom. The van der Waals surface area contributed by atoms with Crippen molar-refractivity contribution in [3.63, 3.8) is 0 Å². The number of rotatable bonds is 5. The lowest BCUT2D eigenvalue weighted by molar-refractivity contribution is 0.628. The second kappa shape index (κ2) is 6.60. The molecule has 2 heterocycles. The van der Waals surface area contributed by atoms with Gasteiger partial charge in [-0.2, -0.15) is 0 Å². The van der Waals surface area contributed by atoms with Crippen LogP contribution in [-0.2, 0) is 6.42 Å². The van der Waals surface area contributed by atoms with Crippen molar-refractivity contribution in [3.05, 3.63) is 73.8 Å². The average Bonchev–Trinajstić information content (AvgIpc) is 3.15. The summed E-state index contributed by atoms with van der Waals surface area (Å²) in [6.45, 7) is 0. The summed E-state index contributed by atoms with van der Waals surface area (Å²) < 4.78 is 13.3. The summed E-state index contributed by atoms with van der Waals surface area (Å²) in [6, 6.07) is 13.2. The van der Waals surface area contributed by atoms with Gasteiger partial charge in [0, 0.05) is 21.9 Å². The van der Waals surface area contributed by atoms with Crippen molar-refractivity contribution >= 4 is 40.0 Å². The fraction of sp³-hybridized carbons (Fsp3) is 0.125. The van der Waals surface area contributed by atoms with E-state index >= 15 is 0 Å². The average molecular weight is 338 g/mol. The minimum atomic E-state index is -0.395. The van der Waals surface area contributed by atoms with Gasteiger partial charge in [-0.15, -0.1) is 22.7 Å². The molecule has 1 N–H and O–H groups in total. The van der Waals surface area contributed by atoms with Crippen LogP contribution in [0.3, 0.4) is 0 Å². The van der Waals surface area contributed by atoms with Gasteiger partial charge in [-0.05, 0) is 41.1 Å². The molecule has 3 rings (SSSR count). The Morgan fingerprint density at radius 1 is 1.10 bits per heavy atom. The molecule has 0 aliphatic heterocycles. The van der Waals surface area contributed by atoms with E-state index in [-0.39, 0.29) is 11.1 Å². The molecule has 0 fully saturated rings. The van der Waals surface area contributed by atoms with Gasteiger partial charge in [0.25, 0.3) is 0 Å². The number of halogens is 2. The molecule has 0 aliphatic rings. The van der Waals surface area contributed by atoms with E-state index in [1.54, 1.807) is 34.8 Å². The molecule has 5 heteroatoms. The second-order valence-corrected chi connectivity index (χ2v) is 7.04. The summed E-state index contributed by atoms with van der Waals surface area (Å²) in [6.07, 6.45) is 0.896. The fourth-order valence-corrected chi connectivity index (χ4v) is 3.84. The highest BCUT2D eigenvalue weighted by atomic mass is 35.5. The first-order valence-corrected chi connectivity index (χ1v) is 8.63. The van der Waals surface area contributed by atoms with Crippen LogP contribution < -0.4 is 5.32 Å². The zero-order chi connectivity index (χ0) is 14.7. The van der Waals surface area contributed by atoms with Crippen LogP contribution in [0.1, 0.15) is 15.8 Å². The van der Waals surface area contributed by atoms with Crippen molar-refractivity contribution in [2.75, 3.05) is 5.32 Å². The maximum absolute atomic E-state index is 13.3. The van der Waals surface area contributed by atoms with Gasteiger partial charge in [-0.3, -0.25) is 0 Å². The normalized spacial score (nSPS) is 12.3. The van der Waals surface area contributed by atoms with Crippen molar-refractivity contribution in [2.45, 2.75) is 12.5 Å². The van der Waals surface area contributed by atoms with E-state index in [9.17, 15) is 4.39 Å². The highest BCUT2D eigenvalue weighted by molar-refractivity contribution is 7.10. The molecule has 3 aromatic rings. The molecule has 1 atom stereocenters. The van der Waals surface area contributed by atoms with Crippen LogP contribution in [0.15, 0.2) is 53.2 Å². The van der Waals surface area contributed by atoms with E-state index in [1.807, 2.05) is 6.07 Å². The maximum Gasteiger partial charge on any atom is 0.141 e. The lowest BCUT2D eigenvalue weighted by atomic mass is 10.1. The minimum absolute atomic E-state index is 0.140.